The zero-order valence-corrected chi connectivity index (χ0v) is 11.4. The third-order valence-electron chi connectivity index (χ3n) is 2.97. The van der Waals surface area contributed by atoms with Crippen LogP contribution < -0.4 is 5.73 Å². The number of hydrogen-bond donors (Lipinski definition) is 1. The normalized spacial score (nSPS) is 19.6. The van der Waals surface area contributed by atoms with E-state index in [4.69, 9.17) is 5.73 Å². The Morgan fingerprint density at radius 3 is 2.59 bits per heavy atom. The van der Waals surface area contributed by atoms with E-state index < -0.39 is 10.0 Å². The summed E-state index contributed by atoms with van der Waals surface area (Å²) in [7, 11) is -1.35. The highest BCUT2D eigenvalue weighted by Gasteiger charge is 2.29. The van der Waals surface area contributed by atoms with Crippen LogP contribution in [0.4, 0.5) is 0 Å². The van der Waals surface area contributed by atoms with Crippen LogP contribution in [0.25, 0.3) is 0 Å². The van der Waals surface area contributed by atoms with Gasteiger partial charge in [-0.1, -0.05) is 0 Å². The second kappa shape index (κ2) is 5.03. The van der Waals surface area contributed by atoms with Gasteiger partial charge >= 0.3 is 0 Å². The van der Waals surface area contributed by atoms with Gasteiger partial charge in [0.1, 0.15) is 0 Å². The summed E-state index contributed by atoms with van der Waals surface area (Å²) in [4.78, 5) is 3.25. The molecule has 0 saturated carbocycles. The van der Waals surface area contributed by atoms with Gasteiger partial charge in [0, 0.05) is 37.6 Å². The van der Waals surface area contributed by atoms with E-state index in [9.17, 15) is 8.42 Å². The Kier molecular flexibility index (Phi) is 3.84. The van der Waals surface area contributed by atoms with Crippen LogP contribution in [0.2, 0.25) is 0 Å². The monoisotopic (exact) mass is 275 g/mol. The molecule has 7 heteroatoms. The van der Waals surface area contributed by atoms with Crippen LogP contribution in [0, 0.1) is 0 Å². The molecule has 0 amide bonds. The first-order chi connectivity index (χ1) is 8.05. The predicted molar refractivity (Wildman–Crippen MR) is 68.5 cm³/mol. The van der Waals surface area contributed by atoms with Gasteiger partial charge in [-0.25, -0.2) is 8.42 Å². The maximum atomic E-state index is 12.4. The van der Waals surface area contributed by atoms with E-state index in [1.54, 1.807) is 15.8 Å². The van der Waals surface area contributed by atoms with Crippen molar-refractivity contribution in [2.75, 3.05) is 33.2 Å². The summed E-state index contributed by atoms with van der Waals surface area (Å²) >= 11 is 1.40. The van der Waals surface area contributed by atoms with Gasteiger partial charge in [-0.05, 0) is 18.5 Å². The fourth-order valence-corrected chi connectivity index (χ4v) is 4.60. The molecule has 1 aliphatic heterocycles. The summed E-state index contributed by atoms with van der Waals surface area (Å²) in [6.07, 6.45) is 0. The lowest BCUT2D eigenvalue weighted by Crippen LogP contribution is -2.47. The van der Waals surface area contributed by atoms with Crippen LogP contribution >= 0.6 is 11.3 Å². The van der Waals surface area contributed by atoms with E-state index in [1.807, 2.05) is 7.05 Å². The molecule has 2 heterocycles. The maximum absolute atomic E-state index is 12.4. The van der Waals surface area contributed by atoms with E-state index in [2.05, 4.69) is 4.90 Å². The van der Waals surface area contributed by atoms with E-state index in [1.165, 1.54) is 11.3 Å². The fraction of sp³-hybridized carbons (Fsp3) is 0.600. The Labute approximate surface area is 106 Å². The molecule has 0 radical (unpaired) electrons. The SMILES string of the molecule is CN1CCN(S(=O)(=O)c2ccsc2CN)CC1. The topological polar surface area (TPSA) is 66.6 Å². The molecule has 1 aromatic rings. The standard InChI is InChI=1S/C10H17N3O2S2/c1-12-3-5-13(6-4-12)17(14,15)10-2-7-16-9(10)8-11/h2,7H,3-6,8,11H2,1H3. The van der Waals surface area contributed by atoms with Gasteiger partial charge in [0.05, 0.1) is 4.90 Å². The second-order valence-corrected chi connectivity index (χ2v) is 7.03. The molecule has 0 spiro atoms. The van der Waals surface area contributed by atoms with Gasteiger partial charge in [-0.2, -0.15) is 4.31 Å². The molecular weight excluding hydrogens is 258 g/mol. The highest BCUT2D eigenvalue weighted by molar-refractivity contribution is 7.89. The third kappa shape index (κ3) is 2.53. The molecule has 17 heavy (non-hydrogen) atoms. The number of likely N-dealkylation sites (N-methyl/N-ethyl adjacent to an activating group) is 1. The van der Waals surface area contributed by atoms with Gasteiger partial charge in [0.2, 0.25) is 10.0 Å². The molecule has 96 valence electrons. The number of sulfonamides is 1. The number of nitrogens with two attached hydrogens (primary N) is 1. The summed E-state index contributed by atoms with van der Waals surface area (Å²) in [5.41, 5.74) is 5.56. The van der Waals surface area contributed by atoms with Crippen molar-refractivity contribution >= 4 is 21.4 Å². The Hall–Kier alpha value is -0.470. The van der Waals surface area contributed by atoms with Crippen molar-refractivity contribution in [2.45, 2.75) is 11.4 Å². The van der Waals surface area contributed by atoms with E-state index in [-0.39, 0.29) is 6.54 Å². The average Bonchev–Trinajstić information content (AvgIpc) is 2.78. The Balaban J connectivity index is 2.25. The van der Waals surface area contributed by atoms with Gasteiger partial charge in [0.15, 0.2) is 0 Å². The van der Waals surface area contributed by atoms with Crippen molar-refractivity contribution in [3.63, 3.8) is 0 Å². The van der Waals surface area contributed by atoms with Crippen molar-refractivity contribution in [2.24, 2.45) is 5.73 Å². The number of nitrogens with zero attached hydrogens (tertiary/aromatic N) is 2. The number of thiophene rings is 1. The van der Waals surface area contributed by atoms with Crippen LogP contribution in [0.1, 0.15) is 4.88 Å². The molecule has 0 aromatic carbocycles. The third-order valence-corrected chi connectivity index (χ3v) is 6.03. The van der Waals surface area contributed by atoms with Crippen molar-refractivity contribution < 1.29 is 8.42 Å². The minimum absolute atomic E-state index is 0.278. The van der Waals surface area contributed by atoms with Crippen molar-refractivity contribution in [3.8, 4) is 0 Å². The molecule has 5 nitrogen and oxygen atoms in total. The largest absolute Gasteiger partial charge is 0.326 e. The van der Waals surface area contributed by atoms with Crippen molar-refractivity contribution in [3.05, 3.63) is 16.3 Å². The summed E-state index contributed by atoms with van der Waals surface area (Å²) in [5.74, 6) is 0. The Morgan fingerprint density at radius 1 is 1.35 bits per heavy atom. The molecular formula is C10H17N3O2S2. The Bertz CT molecular complexity index is 475. The fourth-order valence-electron chi connectivity index (χ4n) is 1.88. The molecule has 1 aliphatic rings. The van der Waals surface area contributed by atoms with Gasteiger partial charge < -0.3 is 10.6 Å². The lowest BCUT2D eigenvalue weighted by Gasteiger charge is -2.31. The number of piperazine rings is 1. The molecule has 1 saturated heterocycles. The smallest absolute Gasteiger partial charge is 0.244 e. The van der Waals surface area contributed by atoms with Crippen LogP contribution in [-0.2, 0) is 16.6 Å². The van der Waals surface area contributed by atoms with Gasteiger partial charge in [-0.15, -0.1) is 11.3 Å². The second-order valence-electron chi connectivity index (χ2n) is 4.12. The first-order valence-corrected chi connectivity index (χ1v) is 7.83. The summed E-state index contributed by atoms with van der Waals surface area (Å²) in [6, 6.07) is 1.65. The van der Waals surface area contributed by atoms with E-state index in [0.29, 0.717) is 18.0 Å². The minimum Gasteiger partial charge on any atom is -0.326 e. The first kappa shape index (κ1) is 13.0. The van der Waals surface area contributed by atoms with Crippen LogP contribution in [0.15, 0.2) is 16.3 Å². The van der Waals surface area contributed by atoms with Crippen molar-refractivity contribution in [1.82, 2.24) is 9.21 Å². The predicted octanol–water partition coefficient (Wildman–Crippen LogP) is 0.143. The zero-order chi connectivity index (χ0) is 12.5. The van der Waals surface area contributed by atoms with Crippen LogP contribution in [0.5, 0.6) is 0 Å². The summed E-state index contributed by atoms with van der Waals surface area (Å²) in [6.45, 7) is 2.94. The molecule has 1 aromatic heterocycles. The van der Waals surface area contributed by atoms with Gasteiger partial charge in [-0.3, -0.25) is 0 Å². The molecule has 0 bridgehead atoms. The molecule has 2 N–H and O–H groups in total. The van der Waals surface area contributed by atoms with Gasteiger partial charge in [0.25, 0.3) is 0 Å². The average molecular weight is 275 g/mol. The van der Waals surface area contributed by atoms with Crippen LogP contribution in [-0.4, -0.2) is 50.8 Å². The summed E-state index contributed by atoms with van der Waals surface area (Å²) in [5, 5.41) is 1.78. The van der Waals surface area contributed by atoms with E-state index >= 15 is 0 Å². The minimum atomic E-state index is -3.35. The van der Waals surface area contributed by atoms with Crippen molar-refractivity contribution in [1.29, 1.82) is 0 Å². The molecule has 0 aliphatic carbocycles. The Morgan fingerprint density at radius 2 is 2.00 bits per heavy atom. The van der Waals surface area contributed by atoms with E-state index in [0.717, 1.165) is 18.0 Å². The highest BCUT2D eigenvalue weighted by atomic mass is 32.2. The highest BCUT2D eigenvalue weighted by Crippen LogP contribution is 2.25. The number of rotatable bonds is 3. The molecule has 2 rings (SSSR count). The first-order valence-electron chi connectivity index (χ1n) is 5.51. The lowest BCUT2D eigenvalue weighted by atomic mass is 10.4. The number of hydrogen-bond acceptors (Lipinski definition) is 5. The molecule has 0 atom stereocenters. The zero-order valence-electron chi connectivity index (χ0n) is 9.80. The maximum Gasteiger partial charge on any atom is 0.244 e. The molecule has 1 fully saturated rings. The lowest BCUT2D eigenvalue weighted by molar-refractivity contribution is 0.222. The van der Waals surface area contributed by atoms with Crippen LogP contribution in [0.3, 0.4) is 0 Å². The quantitative estimate of drug-likeness (QED) is 0.852. The summed E-state index contributed by atoms with van der Waals surface area (Å²) < 4.78 is 26.3. The molecule has 0 unspecified atom stereocenters.